The fraction of sp³-hybridized carbons (Fsp3) is 0.238. The van der Waals surface area contributed by atoms with Crippen molar-refractivity contribution in [1.29, 1.82) is 0 Å². The van der Waals surface area contributed by atoms with E-state index < -0.39 is 0 Å². The smallest absolute Gasteiger partial charge is 0.228 e. The lowest BCUT2D eigenvalue weighted by Gasteiger charge is -2.26. The third-order valence-electron chi connectivity index (χ3n) is 4.53. The highest BCUT2D eigenvalue weighted by Gasteiger charge is 2.33. The number of nitrogens with one attached hydrogen (secondary N) is 2. The summed E-state index contributed by atoms with van der Waals surface area (Å²) in [6, 6.07) is 16.7. The van der Waals surface area contributed by atoms with Gasteiger partial charge in [0, 0.05) is 17.3 Å². The average molecular weight is 369 g/mol. The summed E-state index contributed by atoms with van der Waals surface area (Å²) in [5.74, 6) is -0.978. The molecule has 0 heterocycles. The van der Waals surface area contributed by atoms with Crippen molar-refractivity contribution in [2.75, 3.05) is 5.32 Å². The zero-order chi connectivity index (χ0) is 18.4. The first-order valence-corrected chi connectivity index (χ1v) is 9.04. The molecule has 2 amide bonds. The number of carbonyl (C=O) groups excluding carboxylic acids is 2. The number of carbonyl (C=O) groups is 2. The molecule has 3 rings (SSSR count). The van der Waals surface area contributed by atoms with Crippen LogP contribution in [0.1, 0.15) is 18.4 Å². The Morgan fingerprint density at radius 1 is 0.885 bits per heavy atom. The number of benzene rings is 2. The van der Waals surface area contributed by atoms with Gasteiger partial charge in [-0.25, -0.2) is 0 Å². The molecule has 0 aromatic heterocycles. The molecule has 1 aliphatic rings. The fourth-order valence-electron chi connectivity index (χ4n) is 3.08. The number of hydrogen-bond donors (Lipinski definition) is 2. The van der Waals surface area contributed by atoms with E-state index >= 15 is 0 Å². The standard InChI is InChI=1S/C21H21ClN2O2/c22-16-10-12-17(13-11-16)24-21(26)19-9-5-4-8-18(19)20(25)23-14-15-6-2-1-3-7-15/h1-7,10-13,18-19H,8-9,14H2,(H,23,25)(H,24,26). The van der Waals surface area contributed by atoms with Crippen LogP contribution in [0.15, 0.2) is 66.7 Å². The summed E-state index contributed by atoms with van der Waals surface area (Å²) in [7, 11) is 0. The number of halogens is 1. The van der Waals surface area contributed by atoms with E-state index in [1.54, 1.807) is 24.3 Å². The summed E-state index contributed by atoms with van der Waals surface area (Å²) in [6.45, 7) is 0.464. The van der Waals surface area contributed by atoms with Crippen molar-refractivity contribution in [3.05, 3.63) is 77.3 Å². The lowest BCUT2D eigenvalue weighted by atomic mass is 9.81. The number of amides is 2. The van der Waals surface area contributed by atoms with Crippen LogP contribution in [0, 0.1) is 11.8 Å². The van der Waals surface area contributed by atoms with Gasteiger partial charge in [-0.2, -0.15) is 0 Å². The van der Waals surface area contributed by atoms with E-state index in [2.05, 4.69) is 10.6 Å². The second-order valence-electron chi connectivity index (χ2n) is 6.36. The van der Waals surface area contributed by atoms with E-state index in [0.717, 1.165) is 5.56 Å². The van der Waals surface area contributed by atoms with Crippen LogP contribution in [0.4, 0.5) is 5.69 Å². The maximum atomic E-state index is 12.7. The summed E-state index contributed by atoms with van der Waals surface area (Å²) < 4.78 is 0. The molecule has 0 bridgehead atoms. The molecule has 134 valence electrons. The molecule has 0 radical (unpaired) electrons. The molecule has 0 saturated heterocycles. The monoisotopic (exact) mass is 368 g/mol. The minimum atomic E-state index is -0.383. The van der Waals surface area contributed by atoms with Crippen molar-refractivity contribution >= 4 is 29.1 Å². The average Bonchev–Trinajstić information content (AvgIpc) is 2.68. The summed E-state index contributed by atoms with van der Waals surface area (Å²) in [6.07, 6.45) is 5.06. The van der Waals surface area contributed by atoms with Gasteiger partial charge in [0.1, 0.15) is 0 Å². The van der Waals surface area contributed by atoms with Crippen LogP contribution in [-0.4, -0.2) is 11.8 Å². The van der Waals surface area contributed by atoms with Crippen LogP contribution in [-0.2, 0) is 16.1 Å². The van der Waals surface area contributed by atoms with Crippen molar-refractivity contribution in [2.24, 2.45) is 11.8 Å². The van der Waals surface area contributed by atoms with Gasteiger partial charge in [0.05, 0.1) is 11.8 Å². The second-order valence-corrected chi connectivity index (χ2v) is 6.79. The first-order valence-electron chi connectivity index (χ1n) is 8.66. The van der Waals surface area contributed by atoms with Gasteiger partial charge in [-0.05, 0) is 42.7 Å². The van der Waals surface area contributed by atoms with Crippen molar-refractivity contribution in [3.63, 3.8) is 0 Å². The number of allylic oxidation sites excluding steroid dienone is 2. The Balaban J connectivity index is 1.63. The normalized spacial score (nSPS) is 19.0. The van der Waals surface area contributed by atoms with E-state index in [1.165, 1.54) is 0 Å². The lowest BCUT2D eigenvalue weighted by molar-refractivity contribution is -0.132. The number of anilines is 1. The van der Waals surface area contributed by atoms with E-state index in [9.17, 15) is 9.59 Å². The van der Waals surface area contributed by atoms with Crippen molar-refractivity contribution in [1.82, 2.24) is 5.32 Å². The summed E-state index contributed by atoms with van der Waals surface area (Å²) >= 11 is 5.87. The lowest BCUT2D eigenvalue weighted by Crippen LogP contribution is -2.40. The van der Waals surface area contributed by atoms with Crippen molar-refractivity contribution in [3.8, 4) is 0 Å². The predicted octanol–water partition coefficient (Wildman–Crippen LogP) is 4.18. The zero-order valence-corrected chi connectivity index (χ0v) is 15.1. The molecular formula is C21H21ClN2O2. The third kappa shape index (κ3) is 4.73. The Morgan fingerprint density at radius 3 is 2.15 bits per heavy atom. The van der Waals surface area contributed by atoms with Gasteiger partial charge in [-0.1, -0.05) is 54.1 Å². The SMILES string of the molecule is O=C(NCc1ccccc1)C1CC=CCC1C(=O)Nc1ccc(Cl)cc1. The summed E-state index contributed by atoms with van der Waals surface area (Å²) in [5, 5.41) is 6.45. The molecule has 5 heteroatoms. The van der Waals surface area contributed by atoms with E-state index in [1.807, 2.05) is 42.5 Å². The third-order valence-corrected chi connectivity index (χ3v) is 4.78. The van der Waals surface area contributed by atoms with E-state index in [0.29, 0.717) is 30.1 Å². The van der Waals surface area contributed by atoms with Gasteiger partial charge in [0.25, 0.3) is 0 Å². The van der Waals surface area contributed by atoms with E-state index in [4.69, 9.17) is 11.6 Å². The fourth-order valence-corrected chi connectivity index (χ4v) is 3.20. The zero-order valence-electron chi connectivity index (χ0n) is 14.3. The highest BCUT2D eigenvalue weighted by molar-refractivity contribution is 6.30. The molecule has 1 aliphatic carbocycles. The van der Waals surface area contributed by atoms with Gasteiger partial charge >= 0.3 is 0 Å². The maximum Gasteiger partial charge on any atom is 0.228 e. The first kappa shape index (κ1) is 18.2. The van der Waals surface area contributed by atoms with Gasteiger partial charge < -0.3 is 10.6 Å². The van der Waals surface area contributed by atoms with Gasteiger partial charge in [-0.15, -0.1) is 0 Å². The van der Waals surface area contributed by atoms with Crippen LogP contribution in [0.25, 0.3) is 0 Å². The second kappa shape index (κ2) is 8.68. The minimum absolute atomic E-state index is 0.0885. The molecule has 0 aliphatic heterocycles. The van der Waals surface area contributed by atoms with Crippen LogP contribution in [0.5, 0.6) is 0 Å². The molecule has 2 unspecified atom stereocenters. The topological polar surface area (TPSA) is 58.2 Å². The van der Waals surface area contributed by atoms with Gasteiger partial charge in [-0.3, -0.25) is 9.59 Å². The Morgan fingerprint density at radius 2 is 1.50 bits per heavy atom. The van der Waals surface area contributed by atoms with Crippen molar-refractivity contribution < 1.29 is 9.59 Å². The molecule has 2 aromatic rings. The van der Waals surface area contributed by atoms with E-state index in [-0.39, 0.29) is 23.7 Å². The van der Waals surface area contributed by atoms with Gasteiger partial charge in [0.2, 0.25) is 11.8 Å². The largest absolute Gasteiger partial charge is 0.352 e. The molecule has 0 saturated carbocycles. The highest BCUT2D eigenvalue weighted by Crippen LogP contribution is 2.27. The Hall–Kier alpha value is -2.59. The Labute approximate surface area is 158 Å². The molecule has 0 fully saturated rings. The Kier molecular flexibility index (Phi) is 6.08. The maximum absolute atomic E-state index is 12.7. The highest BCUT2D eigenvalue weighted by atomic mass is 35.5. The number of hydrogen-bond acceptors (Lipinski definition) is 2. The minimum Gasteiger partial charge on any atom is -0.352 e. The molecule has 4 nitrogen and oxygen atoms in total. The van der Waals surface area contributed by atoms with Gasteiger partial charge in [0.15, 0.2) is 0 Å². The predicted molar refractivity (Wildman–Crippen MR) is 104 cm³/mol. The molecule has 26 heavy (non-hydrogen) atoms. The first-order chi connectivity index (χ1) is 12.6. The van der Waals surface area contributed by atoms with Crippen LogP contribution in [0.2, 0.25) is 5.02 Å². The van der Waals surface area contributed by atoms with Crippen molar-refractivity contribution in [2.45, 2.75) is 19.4 Å². The van der Waals surface area contributed by atoms with Crippen LogP contribution < -0.4 is 10.6 Å². The van der Waals surface area contributed by atoms with Crippen LogP contribution in [0.3, 0.4) is 0 Å². The summed E-state index contributed by atoms with van der Waals surface area (Å²) in [5.41, 5.74) is 1.71. The summed E-state index contributed by atoms with van der Waals surface area (Å²) in [4.78, 5) is 25.3. The molecule has 2 atom stereocenters. The molecular weight excluding hydrogens is 348 g/mol. The Bertz CT molecular complexity index is 787. The molecule has 2 aromatic carbocycles. The number of rotatable bonds is 5. The van der Waals surface area contributed by atoms with Crippen LogP contribution >= 0.6 is 11.6 Å². The quantitative estimate of drug-likeness (QED) is 0.778. The molecule has 0 spiro atoms. The molecule has 2 N–H and O–H groups in total.